The van der Waals surface area contributed by atoms with Gasteiger partial charge in [-0.1, -0.05) is 269 Å². The molecule has 12 aromatic rings. The van der Waals surface area contributed by atoms with Gasteiger partial charge >= 0.3 is 0 Å². The number of nitrogens with zero attached hydrogens (tertiary/aromatic N) is 2. The van der Waals surface area contributed by atoms with E-state index in [-0.39, 0.29) is 0 Å². The summed E-state index contributed by atoms with van der Waals surface area (Å²) in [6.45, 7) is 20.4. The molecule has 0 unspecified atom stereocenters. The molecule has 2 aliphatic carbocycles. The molecule has 0 amide bonds. The highest BCUT2D eigenvalue weighted by Gasteiger charge is 2.27. The van der Waals surface area contributed by atoms with E-state index in [9.17, 15) is 0 Å². The second-order valence-electron chi connectivity index (χ2n) is 24.2. The largest absolute Gasteiger partial charge is 0.312 e. The van der Waals surface area contributed by atoms with E-state index in [0.29, 0.717) is 0 Å². The van der Waals surface area contributed by atoms with Gasteiger partial charge in [0, 0.05) is 17.1 Å². The molecule has 0 aliphatic heterocycles. The first-order valence-electron chi connectivity index (χ1n) is 32.6. The second-order valence-corrected chi connectivity index (χ2v) is 24.2. The van der Waals surface area contributed by atoms with Crippen LogP contribution >= 0.6 is 0 Å². The maximum absolute atomic E-state index is 4.12. The molecule has 0 bridgehead atoms. The fourth-order valence-corrected chi connectivity index (χ4v) is 13.1. The molecule has 0 heterocycles. The van der Waals surface area contributed by atoms with Crippen LogP contribution in [0, 0.1) is 0 Å². The zero-order valence-electron chi connectivity index (χ0n) is 53.7. The molecule has 0 saturated carbocycles. The topological polar surface area (TPSA) is 6.48 Å². The average molecular weight is 1230 g/mol. The zero-order valence-corrected chi connectivity index (χ0v) is 53.7. The van der Waals surface area contributed by atoms with Crippen molar-refractivity contribution in [2.45, 2.75) is 12.8 Å². The Morgan fingerprint density at radius 1 is 0.281 bits per heavy atom. The van der Waals surface area contributed by atoms with E-state index >= 15 is 0 Å². The van der Waals surface area contributed by atoms with E-state index in [1.165, 1.54) is 16.7 Å². The Labute approximate surface area is 565 Å². The fourth-order valence-electron chi connectivity index (χ4n) is 13.1. The van der Waals surface area contributed by atoms with Gasteiger partial charge in [-0.05, 0) is 256 Å². The average Bonchev–Trinajstić information content (AvgIpc) is 0.920. The van der Waals surface area contributed by atoms with E-state index in [1.54, 1.807) is 0 Å². The Morgan fingerprint density at radius 3 is 1.02 bits per heavy atom. The number of allylic oxidation sites excluding steroid dienone is 7. The summed E-state index contributed by atoms with van der Waals surface area (Å²) in [5.74, 6) is 0. The minimum absolute atomic E-state index is 0.759. The van der Waals surface area contributed by atoms with E-state index in [2.05, 4.69) is 358 Å². The third kappa shape index (κ3) is 13.1. The standard InChI is InChI=1S/C94H70N2/c1-6-66-21-11-26-74(55-66)82-34-16-31-79(60-82)71-41-48-89(49-42-71)95(90-50-43-72(44-51-90)80-32-17-35-83(61-80)75-27-12-22-67(7-2)56-75)94-65-88(86-38-19-37-85(63-86)77-29-14-24-69(9-4)58-77)47-54-93(94)96(92-40-20-39-87(64-92)78-30-15-25-70(10-5)59-78)91-52-45-73(46-53-91)81-33-18-36-84(62-81)76-28-13-23-68(8-3)57-76/h6-19,21-39,41-43,45-50,52-65H,1-5,44,51H2. The van der Waals surface area contributed by atoms with Crippen molar-refractivity contribution in [2.24, 2.45) is 0 Å². The van der Waals surface area contributed by atoms with Crippen molar-refractivity contribution in [3.05, 3.63) is 404 Å². The van der Waals surface area contributed by atoms with Gasteiger partial charge in [-0.25, -0.2) is 0 Å². The lowest BCUT2D eigenvalue weighted by molar-refractivity contribution is 0.929. The fraction of sp³-hybridized carbons (Fsp3) is 0.0213. The van der Waals surface area contributed by atoms with E-state index < -0.39 is 0 Å². The molecule has 96 heavy (non-hydrogen) atoms. The molecule has 14 rings (SSSR count). The first-order valence-corrected chi connectivity index (χ1v) is 32.6. The monoisotopic (exact) mass is 1230 g/mol. The van der Waals surface area contributed by atoms with Crippen LogP contribution in [0.4, 0.5) is 22.7 Å². The van der Waals surface area contributed by atoms with Crippen LogP contribution in [0.3, 0.4) is 0 Å². The molecule has 2 aliphatic rings. The molecule has 12 aromatic carbocycles. The second kappa shape index (κ2) is 27.7. The summed E-state index contributed by atoms with van der Waals surface area (Å²) < 4.78 is 0. The Hall–Kier alpha value is -12.5. The lowest BCUT2D eigenvalue weighted by atomic mass is 9.92. The maximum atomic E-state index is 4.12. The van der Waals surface area contributed by atoms with Crippen molar-refractivity contribution >= 4 is 64.3 Å². The van der Waals surface area contributed by atoms with E-state index in [1.807, 2.05) is 36.5 Å². The van der Waals surface area contributed by atoms with Crippen LogP contribution in [-0.2, 0) is 0 Å². The maximum Gasteiger partial charge on any atom is 0.0980 e. The zero-order chi connectivity index (χ0) is 65.3. The molecule has 0 spiro atoms. The van der Waals surface area contributed by atoms with Gasteiger partial charge in [-0.2, -0.15) is 0 Å². The van der Waals surface area contributed by atoms with Gasteiger partial charge < -0.3 is 9.80 Å². The highest BCUT2D eigenvalue weighted by atomic mass is 15.2. The van der Waals surface area contributed by atoms with Crippen molar-refractivity contribution in [3.63, 3.8) is 0 Å². The molecule has 2 heteroatoms. The lowest BCUT2D eigenvalue weighted by Crippen LogP contribution is -2.23. The number of hydrogen-bond donors (Lipinski definition) is 0. The van der Waals surface area contributed by atoms with E-state index in [4.69, 9.17) is 0 Å². The van der Waals surface area contributed by atoms with Crippen LogP contribution in [0.1, 0.15) is 51.8 Å². The van der Waals surface area contributed by atoms with Crippen LogP contribution in [0.15, 0.2) is 365 Å². The normalized spacial score (nSPS) is 12.3. The van der Waals surface area contributed by atoms with Crippen LogP contribution < -0.4 is 9.80 Å². The molecule has 0 saturated heterocycles. The summed E-state index contributed by atoms with van der Waals surface area (Å²) in [5, 5.41) is 0. The Morgan fingerprint density at radius 2 is 0.615 bits per heavy atom. The van der Waals surface area contributed by atoms with Crippen molar-refractivity contribution in [1.82, 2.24) is 0 Å². The predicted octanol–water partition coefficient (Wildman–Crippen LogP) is 25.9. The SMILES string of the molecule is C=Cc1cccc(C2=CC(N(c3ccc(-c4cccc(-c5cccc(C=C)c5)c4)cc3)c3ccc(-c4cccc(-c5cccc(C=C)c5)c4)cc3N(C3=CC=C(c4cccc(-c5cccc(C=C)c5)c4)CC3)c3ccc(-c4cccc(-c5cccc(C=C)c5)c4)cc3)=C=C=C2)c1. The summed E-state index contributed by atoms with van der Waals surface area (Å²) in [5.41, 5.74) is 38.8. The lowest BCUT2D eigenvalue weighted by Gasteiger charge is -2.35. The van der Waals surface area contributed by atoms with Gasteiger partial charge in [-0.3, -0.25) is 0 Å². The Kier molecular flexibility index (Phi) is 17.6. The summed E-state index contributed by atoms with van der Waals surface area (Å²) in [7, 11) is 0. The molecule has 0 atom stereocenters. The van der Waals surface area contributed by atoms with Crippen molar-refractivity contribution in [1.29, 1.82) is 0 Å². The van der Waals surface area contributed by atoms with Gasteiger partial charge in [0.15, 0.2) is 0 Å². The Balaban J connectivity index is 0.969. The molecule has 456 valence electrons. The highest BCUT2D eigenvalue weighted by Crippen LogP contribution is 2.48. The van der Waals surface area contributed by atoms with Gasteiger partial charge in [-0.15, -0.1) is 0 Å². The molecule has 0 radical (unpaired) electrons. The number of rotatable bonds is 20. The minimum Gasteiger partial charge on any atom is -0.312 e. The summed E-state index contributed by atoms with van der Waals surface area (Å²) in [4.78, 5) is 4.86. The molecule has 0 N–H and O–H groups in total. The molecule has 0 aromatic heterocycles. The highest BCUT2D eigenvalue weighted by molar-refractivity contribution is 5.93. The van der Waals surface area contributed by atoms with Crippen molar-refractivity contribution in [2.75, 3.05) is 9.80 Å². The van der Waals surface area contributed by atoms with Gasteiger partial charge in [0.25, 0.3) is 0 Å². The summed E-state index contributed by atoms with van der Waals surface area (Å²) >= 11 is 0. The minimum atomic E-state index is 0.759. The Bertz CT molecular complexity index is 5240. The van der Waals surface area contributed by atoms with Crippen molar-refractivity contribution < 1.29 is 0 Å². The summed E-state index contributed by atoms with van der Waals surface area (Å²) in [6.07, 6.45) is 20.0. The molecule has 0 fully saturated rings. The van der Waals surface area contributed by atoms with Crippen LogP contribution in [0.25, 0.3) is 119 Å². The van der Waals surface area contributed by atoms with Gasteiger partial charge in [0.1, 0.15) is 0 Å². The first kappa shape index (κ1) is 61.0. The predicted molar refractivity (Wildman–Crippen MR) is 413 cm³/mol. The summed E-state index contributed by atoms with van der Waals surface area (Å²) in [6, 6.07) is 103. The van der Waals surface area contributed by atoms with E-state index in [0.717, 1.165) is 158 Å². The third-order valence-electron chi connectivity index (χ3n) is 18.2. The van der Waals surface area contributed by atoms with Gasteiger partial charge in [0.2, 0.25) is 0 Å². The smallest absolute Gasteiger partial charge is 0.0980 e. The van der Waals surface area contributed by atoms with Gasteiger partial charge in [0.05, 0.1) is 17.1 Å². The number of anilines is 4. The number of hydrogen-bond acceptors (Lipinski definition) is 2. The van der Waals surface area contributed by atoms with Crippen LogP contribution in [0.2, 0.25) is 0 Å². The van der Waals surface area contributed by atoms with Crippen LogP contribution in [-0.4, -0.2) is 0 Å². The third-order valence-corrected chi connectivity index (χ3v) is 18.2. The quantitative estimate of drug-likeness (QED) is 0.0702. The van der Waals surface area contributed by atoms with Crippen LogP contribution in [0.5, 0.6) is 0 Å². The molecular formula is C94H70N2. The molecule has 2 nitrogen and oxygen atoms in total. The number of benzene rings is 12. The first-order chi connectivity index (χ1) is 47.3. The van der Waals surface area contributed by atoms with Crippen molar-refractivity contribution in [3.8, 4) is 77.9 Å². The molecular weight excluding hydrogens is 1160 g/mol.